The van der Waals surface area contributed by atoms with Gasteiger partial charge in [0, 0.05) is 19.1 Å². The van der Waals surface area contributed by atoms with Crippen molar-refractivity contribution in [1.29, 1.82) is 0 Å². The van der Waals surface area contributed by atoms with E-state index in [1.807, 2.05) is 11.8 Å². The molecule has 15 heavy (non-hydrogen) atoms. The van der Waals surface area contributed by atoms with Crippen molar-refractivity contribution in [3.63, 3.8) is 0 Å². The van der Waals surface area contributed by atoms with Crippen molar-refractivity contribution in [3.05, 3.63) is 0 Å². The second-order valence-electron chi connectivity index (χ2n) is 4.53. The van der Waals surface area contributed by atoms with Gasteiger partial charge in [0.1, 0.15) is 0 Å². The first-order chi connectivity index (χ1) is 7.22. The highest BCUT2D eigenvalue weighted by atomic mass is 16.5. The Bertz CT molecular complexity index is 239. The van der Waals surface area contributed by atoms with Crippen LogP contribution < -0.4 is 5.32 Å². The Hall–Kier alpha value is -0.610. The quantitative estimate of drug-likeness (QED) is 0.744. The van der Waals surface area contributed by atoms with Crippen LogP contribution in [0, 0.1) is 5.92 Å². The van der Waals surface area contributed by atoms with Crippen molar-refractivity contribution in [2.24, 2.45) is 5.92 Å². The number of hydrogen-bond donors (Lipinski definition) is 1. The third kappa shape index (κ3) is 2.16. The lowest BCUT2D eigenvalue weighted by Crippen LogP contribution is -2.40. The van der Waals surface area contributed by atoms with Gasteiger partial charge in [-0.1, -0.05) is 6.92 Å². The van der Waals surface area contributed by atoms with E-state index in [1.54, 1.807) is 0 Å². The van der Waals surface area contributed by atoms with Crippen molar-refractivity contribution in [1.82, 2.24) is 10.2 Å². The number of rotatable bonds is 3. The lowest BCUT2D eigenvalue weighted by atomic mass is 10.1. The summed E-state index contributed by atoms with van der Waals surface area (Å²) in [6, 6.07) is -0.0164. The van der Waals surface area contributed by atoms with Crippen molar-refractivity contribution in [2.45, 2.75) is 38.9 Å². The molecule has 4 nitrogen and oxygen atoms in total. The Morgan fingerprint density at radius 1 is 1.60 bits per heavy atom. The maximum Gasteiger partial charge on any atom is 0.240 e. The highest BCUT2D eigenvalue weighted by Crippen LogP contribution is 2.19. The van der Waals surface area contributed by atoms with Gasteiger partial charge in [0.15, 0.2) is 0 Å². The highest BCUT2D eigenvalue weighted by molar-refractivity contribution is 5.83. The fourth-order valence-electron chi connectivity index (χ4n) is 2.41. The lowest BCUT2D eigenvalue weighted by Gasteiger charge is -2.25. The fourth-order valence-corrected chi connectivity index (χ4v) is 2.41. The molecule has 2 aliphatic rings. The SMILES string of the molecule is CCC1NC(C)C(=O)N1CC1CCOC1. The molecule has 0 aromatic heterocycles. The summed E-state index contributed by atoms with van der Waals surface area (Å²) in [6.45, 7) is 6.58. The molecule has 1 N–H and O–H groups in total. The summed E-state index contributed by atoms with van der Waals surface area (Å²) in [5, 5.41) is 3.31. The molecule has 2 saturated heterocycles. The van der Waals surface area contributed by atoms with Gasteiger partial charge in [0.25, 0.3) is 0 Å². The largest absolute Gasteiger partial charge is 0.381 e. The van der Waals surface area contributed by atoms with Gasteiger partial charge in [-0.2, -0.15) is 0 Å². The molecular weight excluding hydrogens is 192 g/mol. The van der Waals surface area contributed by atoms with Crippen molar-refractivity contribution in [2.75, 3.05) is 19.8 Å². The molecule has 3 unspecified atom stereocenters. The van der Waals surface area contributed by atoms with Crippen molar-refractivity contribution in [3.8, 4) is 0 Å². The molecular formula is C11H20N2O2. The van der Waals surface area contributed by atoms with Crippen LogP contribution in [0.2, 0.25) is 0 Å². The number of hydrogen-bond acceptors (Lipinski definition) is 3. The summed E-state index contributed by atoms with van der Waals surface area (Å²) >= 11 is 0. The van der Waals surface area contributed by atoms with Crippen LogP contribution >= 0.6 is 0 Å². The molecule has 86 valence electrons. The van der Waals surface area contributed by atoms with Crippen LogP contribution in [0.1, 0.15) is 26.7 Å². The Morgan fingerprint density at radius 3 is 3.00 bits per heavy atom. The smallest absolute Gasteiger partial charge is 0.240 e. The van der Waals surface area contributed by atoms with Gasteiger partial charge in [-0.25, -0.2) is 0 Å². The molecule has 0 spiro atoms. The van der Waals surface area contributed by atoms with Gasteiger partial charge < -0.3 is 9.64 Å². The molecule has 2 fully saturated rings. The second-order valence-corrected chi connectivity index (χ2v) is 4.53. The zero-order valence-electron chi connectivity index (χ0n) is 9.53. The standard InChI is InChI=1S/C11H20N2O2/c1-3-10-12-8(2)11(14)13(10)6-9-4-5-15-7-9/h8-10,12H,3-7H2,1-2H3. The highest BCUT2D eigenvalue weighted by Gasteiger charge is 2.36. The van der Waals surface area contributed by atoms with E-state index in [0.29, 0.717) is 5.92 Å². The molecule has 4 heteroatoms. The van der Waals surface area contributed by atoms with Gasteiger partial charge >= 0.3 is 0 Å². The predicted octanol–water partition coefficient (Wildman–Crippen LogP) is 0.579. The van der Waals surface area contributed by atoms with Crippen LogP contribution in [0.3, 0.4) is 0 Å². The Balaban J connectivity index is 1.95. The maximum absolute atomic E-state index is 11.9. The molecule has 0 aromatic carbocycles. The van der Waals surface area contributed by atoms with Crippen LogP contribution in [-0.4, -0.2) is 42.8 Å². The number of amides is 1. The number of ether oxygens (including phenoxy) is 1. The summed E-state index contributed by atoms with van der Waals surface area (Å²) in [6.07, 6.45) is 2.30. The first kappa shape index (κ1) is 10.9. The molecule has 0 saturated carbocycles. The zero-order chi connectivity index (χ0) is 10.8. The van der Waals surface area contributed by atoms with Crippen LogP contribution in [0.15, 0.2) is 0 Å². The summed E-state index contributed by atoms with van der Waals surface area (Å²) in [7, 11) is 0. The molecule has 2 rings (SSSR count). The van der Waals surface area contributed by atoms with E-state index >= 15 is 0 Å². The average molecular weight is 212 g/mol. The minimum atomic E-state index is -0.0164. The van der Waals surface area contributed by atoms with Gasteiger partial charge in [-0.3, -0.25) is 10.1 Å². The van der Waals surface area contributed by atoms with E-state index in [4.69, 9.17) is 4.74 Å². The van der Waals surface area contributed by atoms with E-state index in [9.17, 15) is 4.79 Å². The summed E-state index contributed by atoms with van der Waals surface area (Å²) in [4.78, 5) is 13.9. The molecule has 0 radical (unpaired) electrons. The molecule has 1 amide bonds. The normalized spacial score (nSPS) is 36.5. The van der Waals surface area contributed by atoms with Crippen molar-refractivity contribution >= 4 is 5.91 Å². The minimum Gasteiger partial charge on any atom is -0.381 e. The van der Waals surface area contributed by atoms with Gasteiger partial charge in [-0.05, 0) is 19.8 Å². The second kappa shape index (κ2) is 4.49. The van der Waals surface area contributed by atoms with Crippen LogP contribution in [-0.2, 0) is 9.53 Å². The molecule has 0 aromatic rings. The lowest BCUT2D eigenvalue weighted by molar-refractivity contribution is -0.130. The molecule has 3 atom stereocenters. The third-order valence-electron chi connectivity index (χ3n) is 3.34. The number of carbonyl (C=O) groups is 1. The third-order valence-corrected chi connectivity index (χ3v) is 3.34. The molecule has 0 bridgehead atoms. The van der Waals surface area contributed by atoms with E-state index in [1.165, 1.54) is 0 Å². The Morgan fingerprint density at radius 2 is 2.40 bits per heavy atom. The van der Waals surface area contributed by atoms with Gasteiger partial charge in [-0.15, -0.1) is 0 Å². The zero-order valence-corrected chi connectivity index (χ0v) is 9.53. The predicted molar refractivity (Wildman–Crippen MR) is 57.3 cm³/mol. The van der Waals surface area contributed by atoms with E-state index in [0.717, 1.165) is 32.6 Å². The summed E-state index contributed by atoms with van der Waals surface area (Å²) in [5.74, 6) is 0.781. The summed E-state index contributed by atoms with van der Waals surface area (Å²) in [5.41, 5.74) is 0. The van der Waals surface area contributed by atoms with Crippen LogP contribution in [0.4, 0.5) is 0 Å². The molecule has 2 heterocycles. The fraction of sp³-hybridized carbons (Fsp3) is 0.909. The van der Waals surface area contributed by atoms with Crippen molar-refractivity contribution < 1.29 is 9.53 Å². The van der Waals surface area contributed by atoms with E-state index in [-0.39, 0.29) is 18.1 Å². The van der Waals surface area contributed by atoms with Gasteiger partial charge in [0.05, 0.1) is 18.8 Å². The van der Waals surface area contributed by atoms with E-state index < -0.39 is 0 Å². The monoisotopic (exact) mass is 212 g/mol. The first-order valence-corrected chi connectivity index (χ1v) is 5.86. The topological polar surface area (TPSA) is 41.6 Å². The van der Waals surface area contributed by atoms with E-state index in [2.05, 4.69) is 12.2 Å². The average Bonchev–Trinajstić information content (AvgIpc) is 2.82. The molecule has 2 aliphatic heterocycles. The number of nitrogens with zero attached hydrogens (tertiary/aromatic N) is 1. The molecule has 0 aliphatic carbocycles. The first-order valence-electron chi connectivity index (χ1n) is 5.86. The number of nitrogens with one attached hydrogen (secondary N) is 1. The maximum atomic E-state index is 11.9. The minimum absolute atomic E-state index is 0.0164. The van der Waals surface area contributed by atoms with Crippen LogP contribution in [0.5, 0.6) is 0 Å². The number of carbonyl (C=O) groups excluding carboxylic acids is 1. The van der Waals surface area contributed by atoms with Crippen LogP contribution in [0.25, 0.3) is 0 Å². The Labute approximate surface area is 91.0 Å². The Kier molecular flexibility index (Phi) is 3.26. The summed E-state index contributed by atoms with van der Waals surface area (Å²) < 4.78 is 5.34. The van der Waals surface area contributed by atoms with Gasteiger partial charge in [0.2, 0.25) is 5.91 Å².